The summed E-state index contributed by atoms with van der Waals surface area (Å²) in [5, 5.41) is 1.77. The number of unbranched alkanes of at least 4 members (excludes halogenated alkanes) is 2. The number of hydrogen-bond donors (Lipinski definition) is 0. The minimum Gasteiger partial charge on any atom is -0.465 e. The van der Waals surface area contributed by atoms with E-state index in [1.54, 1.807) is 0 Å². The van der Waals surface area contributed by atoms with Crippen LogP contribution in [0.2, 0.25) is 5.02 Å². The fourth-order valence-electron chi connectivity index (χ4n) is 6.04. The van der Waals surface area contributed by atoms with Crippen LogP contribution in [0, 0.1) is 0 Å². The maximum Gasteiger partial charge on any atom is 0.337 e. The molecular weight excluding hydrogens is 512 g/mol. The maximum atomic E-state index is 13.8. The number of amides is 1. The normalized spacial score (nSPS) is 15.8. The van der Waals surface area contributed by atoms with Crippen molar-refractivity contribution in [3.8, 4) is 11.3 Å². The molecule has 0 spiro atoms. The van der Waals surface area contributed by atoms with Crippen molar-refractivity contribution in [2.75, 3.05) is 33.4 Å². The number of ether oxygens (including phenoxy) is 2. The van der Waals surface area contributed by atoms with Crippen molar-refractivity contribution in [1.82, 2.24) is 9.47 Å². The highest BCUT2D eigenvalue weighted by atomic mass is 35.5. The van der Waals surface area contributed by atoms with Crippen LogP contribution in [-0.4, -0.2) is 54.8 Å². The third kappa shape index (κ3) is 5.37. The van der Waals surface area contributed by atoms with E-state index in [1.165, 1.54) is 25.5 Å². The molecule has 3 aromatic rings. The Hall–Kier alpha value is -3.09. The van der Waals surface area contributed by atoms with Crippen molar-refractivity contribution in [3.05, 3.63) is 63.7 Å². The number of carbonyl (C=O) groups excluding carboxylic acids is 2. The lowest BCUT2D eigenvalue weighted by molar-refractivity contribution is -0.131. The summed E-state index contributed by atoms with van der Waals surface area (Å²) < 4.78 is 12.8. The summed E-state index contributed by atoms with van der Waals surface area (Å²) in [4.78, 5) is 28.2. The lowest BCUT2D eigenvalue weighted by Gasteiger charge is -2.28. The van der Waals surface area contributed by atoms with Gasteiger partial charge in [-0.05, 0) is 60.2 Å². The predicted octanol–water partition coefficient (Wildman–Crippen LogP) is 7.08. The molecule has 3 heterocycles. The predicted molar refractivity (Wildman–Crippen MR) is 156 cm³/mol. The molecule has 1 fully saturated rings. The first-order valence-corrected chi connectivity index (χ1v) is 14.5. The largest absolute Gasteiger partial charge is 0.465 e. The number of aromatic nitrogens is 1. The molecule has 5 rings (SSSR count). The summed E-state index contributed by atoms with van der Waals surface area (Å²) in [7, 11) is 1.40. The summed E-state index contributed by atoms with van der Waals surface area (Å²) in [6, 6.07) is 11.7. The number of carbonyl (C=O) groups is 2. The summed E-state index contributed by atoms with van der Waals surface area (Å²) in [6.07, 6.45) is 7.62. The van der Waals surface area contributed by atoms with Crippen LogP contribution >= 0.6 is 11.6 Å². The van der Waals surface area contributed by atoms with E-state index >= 15 is 0 Å². The van der Waals surface area contributed by atoms with Gasteiger partial charge < -0.3 is 18.9 Å². The maximum absolute atomic E-state index is 13.8. The monoisotopic (exact) mass is 548 g/mol. The van der Waals surface area contributed by atoms with Gasteiger partial charge in [0.1, 0.15) is 0 Å². The summed E-state index contributed by atoms with van der Waals surface area (Å²) in [5.41, 5.74) is 6.51. The van der Waals surface area contributed by atoms with Crippen LogP contribution < -0.4 is 0 Å². The van der Waals surface area contributed by atoms with E-state index in [0.717, 1.165) is 47.0 Å². The Kier molecular flexibility index (Phi) is 8.43. The fourth-order valence-corrected chi connectivity index (χ4v) is 6.22. The molecule has 206 valence electrons. The average Bonchev–Trinajstić information content (AvgIpc) is 3.18. The zero-order valence-corrected chi connectivity index (χ0v) is 23.9. The van der Waals surface area contributed by atoms with Gasteiger partial charge in [0, 0.05) is 40.2 Å². The smallest absolute Gasteiger partial charge is 0.337 e. The second kappa shape index (κ2) is 12.0. The molecule has 6 nitrogen and oxygen atoms in total. The quantitative estimate of drug-likeness (QED) is 0.223. The van der Waals surface area contributed by atoms with Gasteiger partial charge in [-0.2, -0.15) is 0 Å². The van der Waals surface area contributed by atoms with Crippen LogP contribution in [0.4, 0.5) is 0 Å². The zero-order valence-electron chi connectivity index (χ0n) is 23.1. The van der Waals surface area contributed by atoms with Crippen molar-refractivity contribution in [2.24, 2.45) is 0 Å². The van der Waals surface area contributed by atoms with Crippen molar-refractivity contribution in [2.45, 2.75) is 58.4 Å². The Morgan fingerprint density at radius 1 is 1.08 bits per heavy atom. The highest BCUT2D eigenvalue weighted by Crippen LogP contribution is 2.45. The highest BCUT2D eigenvalue weighted by molar-refractivity contribution is 6.31. The van der Waals surface area contributed by atoms with Gasteiger partial charge in [0.05, 0.1) is 38.1 Å². The molecule has 1 unspecified atom stereocenters. The second-order valence-electron chi connectivity index (χ2n) is 10.5. The Labute approximate surface area is 235 Å². The lowest BCUT2D eigenvalue weighted by Crippen LogP contribution is -2.41. The van der Waals surface area contributed by atoms with E-state index in [4.69, 9.17) is 21.1 Å². The number of hydrogen-bond acceptors (Lipinski definition) is 4. The average molecular weight is 549 g/mol. The Balaban J connectivity index is 1.76. The van der Waals surface area contributed by atoms with E-state index < -0.39 is 0 Å². The fraction of sp³-hybridized carbons (Fsp3) is 0.438. The minimum atomic E-state index is -0.374. The lowest BCUT2D eigenvalue weighted by atomic mass is 9.86. The van der Waals surface area contributed by atoms with Gasteiger partial charge in [0.15, 0.2) is 0 Å². The van der Waals surface area contributed by atoms with Gasteiger partial charge in [-0.25, -0.2) is 4.79 Å². The third-order valence-corrected chi connectivity index (χ3v) is 8.32. The number of methoxy groups -OCH3 is 1. The van der Waals surface area contributed by atoms with E-state index in [-0.39, 0.29) is 11.9 Å². The molecule has 1 saturated heterocycles. The number of benzene rings is 2. The van der Waals surface area contributed by atoms with E-state index in [2.05, 4.69) is 24.5 Å². The van der Waals surface area contributed by atoms with Crippen LogP contribution in [0.25, 0.3) is 28.2 Å². The molecule has 0 aliphatic carbocycles. The molecule has 1 amide bonds. The van der Waals surface area contributed by atoms with Crippen LogP contribution in [0.3, 0.4) is 0 Å². The SMILES string of the molecule is CCCCCC(CC)c1c2n(c3cc(C(=O)OC)ccc13)CC(C(=O)N1CCOCC1)=Cc1ccc(Cl)cc1-2. The number of fused-ring (bicyclic) bond motifs is 5. The van der Waals surface area contributed by atoms with Crippen LogP contribution in [-0.2, 0) is 20.8 Å². The number of rotatable bonds is 8. The van der Waals surface area contributed by atoms with Gasteiger partial charge in [-0.15, -0.1) is 0 Å². The molecule has 2 aromatic carbocycles. The van der Waals surface area contributed by atoms with E-state index in [1.807, 2.05) is 41.3 Å². The molecule has 1 aromatic heterocycles. The van der Waals surface area contributed by atoms with E-state index in [0.29, 0.717) is 54.9 Å². The van der Waals surface area contributed by atoms with Crippen LogP contribution in [0.1, 0.15) is 73.4 Å². The first kappa shape index (κ1) is 27.5. The van der Waals surface area contributed by atoms with Gasteiger partial charge in [-0.1, -0.05) is 56.8 Å². The summed E-state index contributed by atoms with van der Waals surface area (Å²) in [6.45, 7) is 7.13. The van der Waals surface area contributed by atoms with E-state index in [9.17, 15) is 9.59 Å². The summed E-state index contributed by atoms with van der Waals surface area (Å²) in [5.74, 6) is -0.0154. The van der Waals surface area contributed by atoms with Crippen molar-refractivity contribution in [1.29, 1.82) is 0 Å². The Bertz CT molecular complexity index is 1420. The molecule has 0 N–H and O–H groups in total. The number of halogens is 1. The molecule has 0 saturated carbocycles. The number of morpholine rings is 1. The topological polar surface area (TPSA) is 60.8 Å². The number of nitrogens with zero attached hydrogens (tertiary/aromatic N) is 2. The molecule has 39 heavy (non-hydrogen) atoms. The molecule has 0 bridgehead atoms. The molecule has 2 aliphatic heterocycles. The Morgan fingerprint density at radius 2 is 1.87 bits per heavy atom. The molecular formula is C32H37ClN2O4. The van der Waals surface area contributed by atoms with Crippen molar-refractivity contribution >= 4 is 40.5 Å². The first-order valence-electron chi connectivity index (χ1n) is 14.1. The minimum absolute atomic E-state index is 0.0227. The van der Waals surface area contributed by atoms with Gasteiger partial charge in [-0.3, -0.25) is 4.79 Å². The second-order valence-corrected chi connectivity index (χ2v) is 10.9. The number of esters is 1. The van der Waals surface area contributed by atoms with Gasteiger partial charge in [0.25, 0.3) is 5.91 Å². The van der Waals surface area contributed by atoms with Crippen LogP contribution in [0.15, 0.2) is 42.0 Å². The Morgan fingerprint density at radius 3 is 2.59 bits per heavy atom. The molecule has 7 heteroatoms. The molecule has 2 aliphatic rings. The van der Waals surface area contributed by atoms with Gasteiger partial charge >= 0.3 is 5.97 Å². The first-order chi connectivity index (χ1) is 19.0. The standard InChI is InChI=1S/C32H37ClN2O4/c1-4-6-7-8-21(5-2)29-26-12-10-23(32(37)38-3)18-28(26)35-20-24(31(36)34-13-15-39-16-14-34)17-22-9-11-25(33)19-27(22)30(29)35/h9-12,17-19,21H,4-8,13-16,20H2,1-3H3. The molecule has 1 atom stereocenters. The highest BCUT2D eigenvalue weighted by Gasteiger charge is 2.30. The van der Waals surface area contributed by atoms with Crippen molar-refractivity contribution < 1.29 is 19.1 Å². The van der Waals surface area contributed by atoms with Gasteiger partial charge in [0.2, 0.25) is 0 Å². The summed E-state index contributed by atoms with van der Waals surface area (Å²) >= 11 is 6.59. The molecule has 0 radical (unpaired) electrons. The van der Waals surface area contributed by atoms with Crippen molar-refractivity contribution in [3.63, 3.8) is 0 Å². The third-order valence-electron chi connectivity index (χ3n) is 8.08. The van der Waals surface area contributed by atoms with Crippen LogP contribution in [0.5, 0.6) is 0 Å². The zero-order chi connectivity index (χ0) is 27.5.